The van der Waals surface area contributed by atoms with Crippen molar-refractivity contribution in [1.29, 1.82) is 0 Å². The average molecular weight is 413 g/mol. The van der Waals surface area contributed by atoms with E-state index in [1.807, 2.05) is 24.3 Å². The lowest BCUT2D eigenvalue weighted by Gasteiger charge is -2.22. The first-order valence-electron chi connectivity index (χ1n) is 10.5. The third kappa shape index (κ3) is 5.86. The summed E-state index contributed by atoms with van der Waals surface area (Å²) in [5.41, 5.74) is 2.31. The Kier molecular flexibility index (Phi) is 8.32. The van der Waals surface area contributed by atoms with Crippen LogP contribution in [0.1, 0.15) is 30.4 Å². The van der Waals surface area contributed by atoms with Crippen LogP contribution in [0.5, 0.6) is 11.6 Å². The van der Waals surface area contributed by atoms with Gasteiger partial charge in [-0.05, 0) is 37.1 Å². The molecule has 7 heteroatoms. The van der Waals surface area contributed by atoms with Crippen LogP contribution in [0, 0.1) is 0 Å². The molecule has 3 rings (SSSR count). The number of hydrogen-bond acceptors (Lipinski definition) is 5. The molecule has 0 radical (unpaired) electrons. The zero-order valence-corrected chi connectivity index (χ0v) is 18.1. The van der Waals surface area contributed by atoms with Crippen molar-refractivity contribution in [2.45, 2.75) is 25.8 Å². The summed E-state index contributed by atoms with van der Waals surface area (Å²) in [6.45, 7) is 6.36. The van der Waals surface area contributed by atoms with Crippen molar-refractivity contribution in [2.24, 2.45) is 4.99 Å². The van der Waals surface area contributed by atoms with E-state index in [2.05, 4.69) is 34.3 Å². The van der Waals surface area contributed by atoms with Crippen molar-refractivity contribution in [3.05, 3.63) is 53.7 Å². The molecule has 2 heterocycles. The number of aliphatic imine (C=N–C) groups is 1. The van der Waals surface area contributed by atoms with Crippen LogP contribution in [-0.2, 0) is 11.3 Å². The molecular weight excluding hydrogens is 380 g/mol. The van der Waals surface area contributed by atoms with Crippen molar-refractivity contribution in [1.82, 2.24) is 15.2 Å². The van der Waals surface area contributed by atoms with E-state index >= 15 is 0 Å². The molecule has 0 bridgehead atoms. The fourth-order valence-corrected chi connectivity index (χ4v) is 3.58. The third-order valence-electron chi connectivity index (χ3n) is 5.19. The Morgan fingerprint density at radius 1 is 1.20 bits per heavy atom. The highest BCUT2D eigenvalue weighted by atomic mass is 16.5. The summed E-state index contributed by atoms with van der Waals surface area (Å²) in [5, 5.41) is 3.43. The Morgan fingerprint density at radius 2 is 2.03 bits per heavy atom. The second-order valence-corrected chi connectivity index (χ2v) is 7.18. The maximum Gasteiger partial charge on any atom is 0.218 e. The van der Waals surface area contributed by atoms with Gasteiger partial charge in [-0.1, -0.05) is 18.2 Å². The lowest BCUT2D eigenvalue weighted by Crippen LogP contribution is -2.40. The molecule has 1 unspecified atom stereocenters. The highest BCUT2D eigenvalue weighted by Gasteiger charge is 2.26. The number of pyridine rings is 1. The molecule has 1 N–H and O–H groups in total. The van der Waals surface area contributed by atoms with E-state index in [1.54, 1.807) is 20.4 Å². The van der Waals surface area contributed by atoms with Crippen molar-refractivity contribution in [2.75, 3.05) is 47.1 Å². The van der Waals surface area contributed by atoms with E-state index in [-0.39, 0.29) is 0 Å². The number of hydrogen-bond donors (Lipinski definition) is 1. The Bertz CT molecular complexity index is 810. The van der Waals surface area contributed by atoms with E-state index < -0.39 is 0 Å². The van der Waals surface area contributed by atoms with Crippen LogP contribution in [0.15, 0.2) is 47.6 Å². The number of benzene rings is 1. The number of nitrogens with one attached hydrogen (secondary N) is 1. The molecule has 1 aliphatic heterocycles. The summed E-state index contributed by atoms with van der Waals surface area (Å²) < 4.78 is 16.1. The van der Waals surface area contributed by atoms with Gasteiger partial charge in [-0.2, -0.15) is 0 Å². The molecule has 30 heavy (non-hydrogen) atoms. The minimum absolute atomic E-state index is 0.472. The molecule has 0 saturated carbocycles. The zero-order chi connectivity index (χ0) is 21.2. The van der Waals surface area contributed by atoms with Crippen LogP contribution in [0.25, 0.3) is 0 Å². The Balaban J connectivity index is 1.66. The molecule has 2 aromatic rings. The van der Waals surface area contributed by atoms with Gasteiger partial charge in [-0.3, -0.25) is 0 Å². The van der Waals surface area contributed by atoms with Crippen LogP contribution in [0.3, 0.4) is 0 Å². The smallest absolute Gasteiger partial charge is 0.218 e. The zero-order valence-electron chi connectivity index (χ0n) is 18.1. The van der Waals surface area contributed by atoms with Gasteiger partial charge in [0, 0.05) is 44.4 Å². The largest absolute Gasteiger partial charge is 0.497 e. The lowest BCUT2D eigenvalue weighted by molar-refractivity contribution is 0.143. The standard InChI is InChI=1S/C23H32N4O3/c1-4-24-23(26-16-19-6-5-12-25-22(19)30-15-14-28-2)27-13-11-20(17-27)18-7-9-21(29-3)10-8-18/h5-10,12,20H,4,11,13-17H2,1-3H3,(H,24,26). The van der Waals surface area contributed by atoms with Gasteiger partial charge in [-0.25, -0.2) is 9.98 Å². The molecule has 1 aromatic carbocycles. The number of aromatic nitrogens is 1. The van der Waals surface area contributed by atoms with Crippen LogP contribution >= 0.6 is 0 Å². The molecular formula is C23H32N4O3. The van der Waals surface area contributed by atoms with Crippen molar-refractivity contribution >= 4 is 5.96 Å². The number of rotatable bonds is 9. The first-order valence-corrected chi connectivity index (χ1v) is 10.5. The lowest BCUT2D eigenvalue weighted by atomic mass is 9.98. The summed E-state index contributed by atoms with van der Waals surface area (Å²) in [6.07, 6.45) is 2.84. The third-order valence-corrected chi connectivity index (χ3v) is 5.19. The molecule has 0 spiro atoms. The molecule has 1 atom stereocenters. The molecule has 1 aliphatic rings. The SMILES string of the molecule is CCNC(=NCc1cccnc1OCCOC)N1CCC(c2ccc(OC)cc2)C1. The summed E-state index contributed by atoms with van der Waals surface area (Å²) in [6, 6.07) is 12.3. The molecule has 1 aromatic heterocycles. The topological polar surface area (TPSA) is 68.2 Å². The van der Waals surface area contributed by atoms with Gasteiger partial charge in [-0.15, -0.1) is 0 Å². The predicted octanol–water partition coefficient (Wildman–Crippen LogP) is 3.07. The summed E-state index contributed by atoms with van der Waals surface area (Å²) in [5.74, 6) is 2.93. The number of guanidine groups is 1. The van der Waals surface area contributed by atoms with Crippen LogP contribution in [0.2, 0.25) is 0 Å². The monoisotopic (exact) mass is 412 g/mol. The normalized spacial score (nSPS) is 16.6. The molecule has 7 nitrogen and oxygen atoms in total. The number of nitrogens with zero attached hydrogens (tertiary/aromatic N) is 3. The van der Waals surface area contributed by atoms with E-state index in [0.29, 0.717) is 31.6 Å². The molecule has 162 valence electrons. The van der Waals surface area contributed by atoms with Gasteiger partial charge >= 0.3 is 0 Å². The fraction of sp³-hybridized carbons (Fsp3) is 0.478. The highest BCUT2D eigenvalue weighted by molar-refractivity contribution is 5.80. The van der Waals surface area contributed by atoms with E-state index in [1.165, 1.54) is 5.56 Å². The minimum Gasteiger partial charge on any atom is -0.497 e. The van der Waals surface area contributed by atoms with Crippen LogP contribution < -0.4 is 14.8 Å². The number of likely N-dealkylation sites (tertiary alicyclic amines) is 1. The second kappa shape index (κ2) is 11.4. The number of methoxy groups -OCH3 is 2. The summed E-state index contributed by atoms with van der Waals surface area (Å²) >= 11 is 0. The van der Waals surface area contributed by atoms with Gasteiger partial charge in [0.15, 0.2) is 5.96 Å². The quantitative estimate of drug-likeness (QED) is 0.388. The Morgan fingerprint density at radius 3 is 2.77 bits per heavy atom. The van der Waals surface area contributed by atoms with Crippen molar-refractivity contribution in [3.8, 4) is 11.6 Å². The molecule has 1 fully saturated rings. The number of ether oxygens (including phenoxy) is 3. The van der Waals surface area contributed by atoms with E-state index in [9.17, 15) is 0 Å². The summed E-state index contributed by atoms with van der Waals surface area (Å²) in [4.78, 5) is 11.6. The second-order valence-electron chi connectivity index (χ2n) is 7.18. The van der Waals surface area contributed by atoms with Crippen LogP contribution in [0.4, 0.5) is 0 Å². The summed E-state index contributed by atoms with van der Waals surface area (Å²) in [7, 11) is 3.35. The maximum atomic E-state index is 5.74. The first-order chi connectivity index (χ1) is 14.7. The molecule has 0 aliphatic carbocycles. The van der Waals surface area contributed by atoms with Gasteiger partial charge in [0.25, 0.3) is 0 Å². The first kappa shape index (κ1) is 21.9. The molecule has 0 amide bonds. The van der Waals surface area contributed by atoms with Gasteiger partial charge < -0.3 is 24.4 Å². The highest BCUT2D eigenvalue weighted by Crippen LogP contribution is 2.28. The maximum absolute atomic E-state index is 5.74. The fourth-order valence-electron chi connectivity index (χ4n) is 3.58. The van der Waals surface area contributed by atoms with Crippen LogP contribution in [-0.4, -0.2) is 62.9 Å². The Labute approximate surface area is 179 Å². The van der Waals surface area contributed by atoms with E-state index in [4.69, 9.17) is 19.2 Å². The van der Waals surface area contributed by atoms with Crippen molar-refractivity contribution < 1.29 is 14.2 Å². The van der Waals surface area contributed by atoms with E-state index in [0.717, 1.165) is 43.3 Å². The Hall–Kier alpha value is -2.80. The average Bonchev–Trinajstić information content (AvgIpc) is 3.28. The van der Waals surface area contributed by atoms with Gasteiger partial charge in [0.2, 0.25) is 5.88 Å². The predicted molar refractivity (Wildman–Crippen MR) is 118 cm³/mol. The van der Waals surface area contributed by atoms with Crippen molar-refractivity contribution in [3.63, 3.8) is 0 Å². The molecule has 1 saturated heterocycles. The van der Waals surface area contributed by atoms with Gasteiger partial charge in [0.05, 0.1) is 20.3 Å². The van der Waals surface area contributed by atoms with Gasteiger partial charge in [0.1, 0.15) is 12.4 Å². The minimum atomic E-state index is 0.472.